The van der Waals surface area contributed by atoms with E-state index in [0.717, 1.165) is 54.9 Å². The molecule has 1 aromatic heterocycles. The summed E-state index contributed by atoms with van der Waals surface area (Å²) in [7, 11) is 1.56. The maximum atomic E-state index is 13.2. The van der Waals surface area contributed by atoms with Crippen LogP contribution in [0, 0.1) is 0 Å². The Bertz CT molecular complexity index is 1410. The lowest BCUT2D eigenvalue weighted by atomic mass is 10.1. The van der Waals surface area contributed by atoms with Crippen molar-refractivity contribution in [2.24, 2.45) is 0 Å². The number of aryl methyl sites for hydroxylation is 1. The van der Waals surface area contributed by atoms with E-state index in [1.807, 2.05) is 42.6 Å². The Morgan fingerprint density at radius 1 is 1.02 bits per heavy atom. The molecule has 7 heterocycles. The first-order valence-corrected chi connectivity index (χ1v) is 15.4. The number of nitrogens with zero attached hydrogens (tertiary/aromatic N) is 3. The van der Waals surface area contributed by atoms with E-state index in [0.29, 0.717) is 44.0 Å². The number of methoxy groups -OCH3 is 1. The molecule has 9 rings (SSSR count). The van der Waals surface area contributed by atoms with Gasteiger partial charge in [0.2, 0.25) is 5.91 Å². The zero-order chi connectivity index (χ0) is 29.6. The first-order valence-electron chi connectivity index (χ1n) is 14.6. The zero-order valence-electron chi connectivity index (χ0n) is 24.3. The number of hydrogen-bond donors (Lipinski definition) is 2. The summed E-state index contributed by atoms with van der Waals surface area (Å²) in [5.41, 5.74) is 1.89. The lowest BCUT2D eigenvalue weighted by molar-refractivity contribution is -0.123. The van der Waals surface area contributed by atoms with Crippen molar-refractivity contribution in [3.63, 3.8) is 0 Å². The van der Waals surface area contributed by atoms with Gasteiger partial charge in [-0.2, -0.15) is 0 Å². The number of amides is 2. The number of likely N-dealkylation sites (tertiary alicyclic amines) is 1. The standard InChI is InChI=1S/C31H37N5O6S/c1-39-27-14-21-4-8-26(27)41-20-30(38)32-15-22-2-6-23(7-3-22)42-28-19-35(18-25(28)34-29(37)9-5-21)17-24-16-33-31(43-24)36-10-12-40-13-11-36/h2-4,6-8,14,16,25,28H,5,9-13,15,17-20H2,1H3,(H,32,38)(H,34,37)/t25-,28-/m0/s1. The summed E-state index contributed by atoms with van der Waals surface area (Å²) in [6.45, 7) is 5.49. The van der Waals surface area contributed by atoms with Crippen LogP contribution in [0.5, 0.6) is 17.2 Å². The quantitative estimate of drug-likeness (QED) is 0.462. The highest BCUT2D eigenvalue weighted by molar-refractivity contribution is 7.15. The molecule has 2 saturated heterocycles. The van der Waals surface area contributed by atoms with Gasteiger partial charge < -0.3 is 34.5 Å². The second kappa shape index (κ2) is 13.6. The van der Waals surface area contributed by atoms with Crippen molar-refractivity contribution in [2.45, 2.75) is 38.1 Å². The fourth-order valence-electron chi connectivity index (χ4n) is 5.51. The predicted octanol–water partition coefficient (Wildman–Crippen LogP) is 2.38. The van der Waals surface area contributed by atoms with Crippen LogP contribution >= 0.6 is 11.3 Å². The molecule has 4 bridgehead atoms. The molecule has 2 aromatic carbocycles. The molecule has 43 heavy (non-hydrogen) atoms. The van der Waals surface area contributed by atoms with Gasteiger partial charge in [-0.05, 0) is 41.8 Å². The number of ether oxygens (including phenoxy) is 4. The average molecular weight is 608 g/mol. The normalized spacial score (nSPS) is 21.8. The lowest BCUT2D eigenvalue weighted by Crippen LogP contribution is -2.45. The van der Waals surface area contributed by atoms with E-state index in [2.05, 4.69) is 25.4 Å². The molecule has 0 saturated carbocycles. The smallest absolute Gasteiger partial charge is 0.258 e. The molecule has 12 heteroatoms. The Hall–Kier alpha value is -3.87. The van der Waals surface area contributed by atoms with Crippen LogP contribution in [0.1, 0.15) is 22.4 Å². The molecule has 2 amide bonds. The van der Waals surface area contributed by atoms with Crippen molar-refractivity contribution in [1.29, 1.82) is 0 Å². The average Bonchev–Trinajstić information content (AvgIpc) is 3.65. The van der Waals surface area contributed by atoms with E-state index in [4.69, 9.17) is 18.9 Å². The fraction of sp³-hybridized carbons (Fsp3) is 0.452. The number of anilines is 1. The summed E-state index contributed by atoms with van der Waals surface area (Å²) in [6.07, 6.45) is 2.60. The first-order chi connectivity index (χ1) is 21.0. The topological polar surface area (TPSA) is 114 Å². The van der Waals surface area contributed by atoms with Crippen LogP contribution < -0.4 is 29.7 Å². The lowest BCUT2D eigenvalue weighted by Gasteiger charge is -2.26. The van der Waals surface area contributed by atoms with Gasteiger partial charge in [-0.25, -0.2) is 4.98 Å². The number of benzene rings is 2. The van der Waals surface area contributed by atoms with Gasteiger partial charge in [-0.3, -0.25) is 14.5 Å². The maximum Gasteiger partial charge on any atom is 0.258 e. The van der Waals surface area contributed by atoms with Gasteiger partial charge in [0.25, 0.3) is 5.91 Å². The van der Waals surface area contributed by atoms with E-state index < -0.39 is 0 Å². The summed E-state index contributed by atoms with van der Waals surface area (Å²) in [4.78, 5) is 36.0. The monoisotopic (exact) mass is 607 g/mol. The number of nitrogens with one attached hydrogen (secondary N) is 2. The molecular formula is C31H37N5O6S. The van der Waals surface area contributed by atoms with Crippen molar-refractivity contribution < 1.29 is 28.5 Å². The Morgan fingerprint density at radius 3 is 2.65 bits per heavy atom. The summed E-state index contributed by atoms with van der Waals surface area (Å²) in [5, 5.41) is 7.16. The van der Waals surface area contributed by atoms with Crippen LogP contribution in [0.15, 0.2) is 48.7 Å². The highest BCUT2D eigenvalue weighted by Crippen LogP contribution is 2.29. The fourth-order valence-corrected chi connectivity index (χ4v) is 6.51. The van der Waals surface area contributed by atoms with Gasteiger partial charge in [-0.15, -0.1) is 11.3 Å². The molecule has 11 nitrogen and oxygen atoms in total. The molecule has 0 aliphatic carbocycles. The molecule has 2 N–H and O–H groups in total. The van der Waals surface area contributed by atoms with Crippen molar-refractivity contribution in [3.05, 3.63) is 64.7 Å². The molecule has 0 radical (unpaired) electrons. The number of carbonyl (C=O) groups is 2. The van der Waals surface area contributed by atoms with Crippen LogP contribution in [-0.2, 0) is 33.8 Å². The van der Waals surface area contributed by atoms with Crippen LogP contribution in [-0.4, -0.2) is 87.0 Å². The molecule has 0 unspecified atom stereocenters. The van der Waals surface area contributed by atoms with Crippen LogP contribution in [0.3, 0.4) is 0 Å². The highest BCUT2D eigenvalue weighted by atomic mass is 32.1. The number of morpholine rings is 1. The van der Waals surface area contributed by atoms with E-state index in [1.165, 1.54) is 4.88 Å². The summed E-state index contributed by atoms with van der Waals surface area (Å²) in [5.74, 6) is 1.46. The maximum absolute atomic E-state index is 13.2. The minimum absolute atomic E-state index is 0.0337. The predicted molar refractivity (Wildman–Crippen MR) is 162 cm³/mol. The van der Waals surface area contributed by atoms with Gasteiger partial charge in [0.15, 0.2) is 23.2 Å². The molecule has 0 spiro atoms. The molecule has 228 valence electrons. The number of carbonyl (C=O) groups excluding carboxylic acids is 2. The van der Waals surface area contributed by atoms with Crippen LogP contribution in [0.4, 0.5) is 5.13 Å². The number of aromatic nitrogens is 1. The molecule has 6 aliphatic heterocycles. The Morgan fingerprint density at radius 2 is 1.84 bits per heavy atom. The second-order valence-electron chi connectivity index (χ2n) is 10.9. The van der Waals surface area contributed by atoms with E-state index in [1.54, 1.807) is 24.5 Å². The first kappa shape index (κ1) is 29.2. The molecule has 6 aliphatic rings. The van der Waals surface area contributed by atoms with Gasteiger partial charge in [0.05, 0.1) is 26.4 Å². The third-order valence-electron chi connectivity index (χ3n) is 7.82. The summed E-state index contributed by atoms with van der Waals surface area (Å²) >= 11 is 1.71. The van der Waals surface area contributed by atoms with Gasteiger partial charge in [-0.1, -0.05) is 18.2 Å². The van der Waals surface area contributed by atoms with Crippen LogP contribution in [0.2, 0.25) is 0 Å². The highest BCUT2D eigenvalue weighted by Gasteiger charge is 2.36. The second-order valence-corrected chi connectivity index (χ2v) is 12.0. The molecular weight excluding hydrogens is 570 g/mol. The van der Waals surface area contributed by atoms with Crippen molar-refractivity contribution in [1.82, 2.24) is 20.5 Å². The minimum atomic E-state index is -0.232. The molecule has 2 atom stereocenters. The Kier molecular flexibility index (Phi) is 9.25. The van der Waals surface area contributed by atoms with E-state index in [-0.39, 0.29) is 30.6 Å². The van der Waals surface area contributed by atoms with Crippen LogP contribution in [0.25, 0.3) is 0 Å². The van der Waals surface area contributed by atoms with Gasteiger partial charge in [0, 0.05) is 56.8 Å². The Balaban J connectivity index is 1.17. The Labute approximate surface area is 255 Å². The largest absolute Gasteiger partial charge is 0.493 e. The minimum Gasteiger partial charge on any atom is -0.493 e. The summed E-state index contributed by atoms with van der Waals surface area (Å²) < 4.78 is 23.1. The molecule has 3 aromatic rings. The number of hydrogen-bond acceptors (Lipinski definition) is 10. The summed E-state index contributed by atoms with van der Waals surface area (Å²) in [6, 6.07) is 13.0. The third kappa shape index (κ3) is 7.56. The van der Waals surface area contributed by atoms with Gasteiger partial charge in [0.1, 0.15) is 11.9 Å². The van der Waals surface area contributed by atoms with Crippen molar-refractivity contribution in [2.75, 3.05) is 58.0 Å². The van der Waals surface area contributed by atoms with Crippen molar-refractivity contribution in [3.8, 4) is 17.2 Å². The van der Waals surface area contributed by atoms with Gasteiger partial charge >= 0.3 is 0 Å². The van der Waals surface area contributed by atoms with E-state index >= 15 is 0 Å². The number of rotatable bonds is 4. The van der Waals surface area contributed by atoms with Crippen molar-refractivity contribution >= 4 is 28.3 Å². The number of thiazole rings is 1. The third-order valence-corrected chi connectivity index (χ3v) is 8.86. The van der Waals surface area contributed by atoms with E-state index in [9.17, 15) is 9.59 Å². The molecule has 2 fully saturated rings. The SMILES string of the molecule is COc1cc2ccc1OCC(=O)NCc1ccc(cc1)O[C@H]1CN(Cc3cnc(N4CCOCC4)s3)C[C@@H]1NC(=O)CC2. The zero-order valence-corrected chi connectivity index (χ0v) is 25.1.